The van der Waals surface area contributed by atoms with E-state index in [0.29, 0.717) is 43.3 Å². The van der Waals surface area contributed by atoms with E-state index in [1.54, 1.807) is 38.4 Å². The zero-order chi connectivity index (χ0) is 23.5. The van der Waals surface area contributed by atoms with Crippen LogP contribution >= 0.6 is 0 Å². The van der Waals surface area contributed by atoms with E-state index in [1.807, 2.05) is 17.9 Å². The molecule has 3 heterocycles. The quantitative estimate of drug-likeness (QED) is 0.713. The molecular weight excluding hydrogens is 424 g/mol. The van der Waals surface area contributed by atoms with Gasteiger partial charge in [-0.05, 0) is 38.1 Å². The summed E-state index contributed by atoms with van der Waals surface area (Å²) >= 11 is 0. The van der Waals surface area contributed by atoms with Gasteiger partial charge in [0.25, 0.3) is 11.8 Å². The molecule has 0 spiro atoms. The van der Waals surface area contributed by atoms with E-state index in [2.05, 4.69) is 15.2 Å². The van der Waals surface area contributed by atoms with E-state index in [1.165, 1.54) is 7.11 Å². The number of hydrogen-bond donors (Lipinski definition) is 1. The van der Waals surface area contributed by atoms with E-state index < -0.39 is 6.10 Å². The average molecular weight is 455 g/mol. The van der Waals surface area contributed by atoms with Crippen LogP contribution in [0.25, 0.3) is 0 Å². The van der Waals surface area contributed by atoms with E-state index in [0.717, 1.165) is 23.6 Å². The molecule has 1 N–H and O–H groups in total. The van der Waals surface area contributed by atoms with Crippen molar-refractivity contribution in [1.82, 2.24) is 15.2 Å². The highest BCUT2D eigenvalue weighted by Gasteiger charge is 2.33. The van der Waals surface area contributed by atoms with Crippen molar-refractivity contribution in [2.75, 3.05) is 45.3 Å². The summed E-state index contributed by atoms with van der Waals surface area (Å²) in [6.07, 6.45) is 1.93. The lowest BCUT2D eigenvalue weighted by atomic mass is 10.1. The molecule has 2 aromatic rings. The zero-order valence-corrected chi connectivity index (χ0v) is 19.5. The molecule has 0 bridgehead atoms. The van der Waals surface area contributed by atoms with Crippen LogP contribution in [0.2, 0.25) is 0 Å². The van der Waals surface area contributed by atoms with Gasteiger partial charge in [0.1, 0.15) is 11.6 Å². The van der Waals surface area contributed by atoms with Crippen LogP contribution in [0.15, 0.2) is 30.5 Å². The number of rotatable bonds is 6. The molecule has 1 aromatic carbocycles. The van der Waals surface area contributed by atoms with Gasteiger partial charge in [-0.15, -0.1) is 0 Å². The van der Waals surface area contributed by atoms with Crippen LogP contribution in [0.4, 0.5) is 5.82 Å². The Hall–Kier alpha value is -3.49. The Morgan fingerprint density at radius 2 is 2.06 bits per heavy atom. The van der Waals surface area contributed by atoms with Crippen LogP contribution < -0.4 is 24.4 Å². The lowest BCUT2D eigenvalue weighted by Gasteiger charge is -2.41. The summed E-state index contributed by atoms with van der Waals surface area (Å²) in [5, 5.41) is 2.58. The fraction of sp³-hybridized carbons (Fsp3) is 0.458. The molecule has 1 aromatic heterocycles. The molecule has 2 atom stereocenters. The molecule has 176 valence electrons. The Morgan fingerprint density at radius 1 is 1.24 bits per heavy atom. The van der Waals surface area contributed by atoms with Crippen LogP contribution in [0, 0.1) is 0 Å². The van der Waals surface area contributed by atoms with Gasteiger partial charge in [-0.25, -0.2) is 4.98 Å². The maximum absolute atomic E-state index is 13.2. The number of benzene rings is 1. The van der Waals surface area contributed by atoms with Crippen molar-refractivity contribution in [2.45, 2.75) is 32.4 Å². The van der Waals surface area contributed by atoms with Crippen molar-refractivity contribution in [3.8, 4) is 17.2 Å². The lowest BCUT2D eigenvalue weighted by Crippen LogP contribution is -2.57. The molecule has 9 nitrogen and oxygen atoms in total. The normalized spacial score (nSPS) is 18.2. The standard InChI is InChI=1S/C24H30N4O5/c1-15-14-27(22-18-8-12-32-19(18)7-9-26-22)10-11-28(15)24(30)16(2)33-20-6-5-17(23(29)25-3)13-21(20)31-4/h5-7,9,13,15-16H,8,10-12,14H2,1-4H3,(H,25,29)/t15-,16+/m1/s1. The highest BCUT2D eigenvalue weighted by atomic mass is 16.5. The Kier molecular flexibility index (Phi) is 6.57. The van der Waals surface area contributed by atoms with Crippen molar-refractivity contribution in [1.29, 1.82) is 0 Å². The Labute approximate surface area is 193 Å². The van der Waals surface area contributed by atoms with Gasteiger partial charge < -0.3 is 29.3 Å². The first-order valence-electron chi connectivity index (χ1n) is 11.2. The zero-order valence-electron chi connectivity index (χ0n) is 19.5. The van der Waals surface area contributed by atoms with Gasteiger partial charge in [0.2, 0.25) is 0 Å². The summed E-state index contributed by atoms with van der Waals surface area (Å²) in [5.74, 6) is 2.37. The number of carbonyl (C=O) groups is 2. The van der Waals surface area contributed by atoms with Gasteiger partial charge >= 0.3 is 0 Å². The molecule has 0 saturated carbocycles. The minimum absolute atomic E-state index is 0.00482. The summed E-state index contributed by atoms with van der Waals surface area (Å²) in [6.45, 7) is 6.41. The van der Waals surface area contributed by atoms with Crippen molar-refractivity contribution in [2.24, 2.45) is 0 Å². The highest BCUT2D eigenvalue weighted by molar-refractivity contribution is 5.94. The number of nitrogens with one attached hydrogen (secondary N) is 1. The second-order valence-corrected chi connectivity index (χ2v) is 8.24. The summed E-state index contributed by atoms with van der Waals surface area (Å²) in [4.78, 5) is 33.8. The minimum Gasteiger partial charge on any atom is -0.493 e. The Bertz CT molecular complexity index is 1040. The van der Waals surface area contributed by atoms with Crippen molar-refractivity contribution < 1.29 is 23.8 Å². The second kappa shape index (κ2) is 9.56. The molecule has 4 rings (SSSR count). The summed E-state index contributed by atoms with van der Waals surface area (Å²) in [5.41, 5.74) is 1.60. The molecule has 33 heavy (non-hydrogen) atoms. The van der Waals surface area contributed by atoms with E-state index in [4.69, 9.17) is 14.2 Å². The van der Waals surface area contributed by atoms with Gasteiger partial charge in [-0.3, -0.25) is 9.59 Å². The topological polar surface area (TPSA) is 93.2 Å². The smallest absolute Gasteiger partial charge is 0.263 e. The second-order valence-electron chi connectivity index (χ2n) is 8.24. The van der Waals surface area contributed by atoms with Crippen LogP contribution in [0.3, 0.4) is 0 Å². The number of aromatic nitrogens is 1. The van der Waals surface area contributed by atoms with Crippen LogP contribution in [0.5, 0.6) is 17.2 Å². The molecule has 0 aliphatic carbocycles. The third-order valence-corrected chi connectivity index (χ3v) is 6.11. The molecule has 9 heteroatoms. The van der Waals surface area contributed by atoms with E-state index in [-0.39, 0.29) is 17.9 Å². The minimum atomic E-state index is -0.703. The predicted molar refractivity (Wildman–Crippen MR) is 123 cm³/mol. The van der Waals surface area contributed by atoms with Crippen molar-refractivity contribution in [3.05, 3.63) is 41.6 Å². The molecule has 2 aliphatic rings. The maximum atomic E-state index is 13.2. The third kappa shape index (κ3) is 4.53. The Balaban J connectivity index is 1.42. The van der Waals surface area contributed by atoms with Gasteiger partial charge in [0.05, 0.1) is 13.7 Å². The largest absolute Gasteiger partial charge is 0.493 e. The number of nitrogens with zero attached hydrogens (tertiary/aromatic N) is 3. The van der Waals surface area contributed by atoms with Gasteiger partial charge in [-0.1, -0.05) is 0 Å². The highest BCUT2D eigenvalue weighted by Crippen LogP contribution is 2.33. The molecule has 1 fully saturated rings. The van der Waals surface area contributed by atoms with Crippen molar-refractivity contribution >= 4 is 17.6 Å². The number of piperazine rings is 1. The number of ether oxygens (including phenoxy) is 3. The number of pyridine rings is 1. The number of anilines is 1. The number of methoxy groups -OCH3 is 1. The van der Waals surface area contributed by atoms with Gasteiger partial charge in [-0.2, -0.15) is 0 Å². The molecule has 1 saturated heterocycles. The van der Waals surface area contributed by atoms with Crippen LogP contribution in [0.1, 0.15) is 29.8 Å². The number of hydrogen-bond acceptors (Lipinski definition) is 7. The van der Waals surface area contributed by atoms with Crippen molar-refractivity contribution in [3.63, 3.8) is 0 Å². The van der Waals surface area contributed by atoms with E-state index in [9.17, 15) is 9.59 Å². The SMILES string of the molecule is CNC(=O)c1ccc(O[C@@H](C)C(=O)N2CCN(c3nccc4c3CCO4)C[C@H]2C)c(OC)c1. The average Bonchev–Trinajstić information content (AvgIpc) is 3.32. The third-order valence-electron chi connectivity index (χ3n) is 6.11. The van der Waals surface area contributed by atoms with Crippen LogP contribution in [-0.4, -0.2) is 74.2 Å². The van der Waals surface area contributed by atoms with E-state index >= 15 is 0 Å². The lowest BCUT2D eigenvalue weighted by molar-refractivity contribution is -0.140. The summed E-state index contributed by atoms with van der Waals surface area (Å²) in [6, 6.07) is 6.79. The molecule has 2 aliphatic heterocycles. The first-order chi connectivity index (χ1) is 15.9. The fourth-order valence-corrected chi connectivity index (χ4v) is 4.37. The summed E-state index contributed by atoms with van der Waals surface area (Å²) in [7, 11) is 3.07. The first kappa shape index (κ1) is 22.7. The molecule has 0 radical (unpaired) electrons. The van der Waals surface area contributed by atoms with Gasteiger partial charge in [0, 0.05) is 56.5 Å². The number of carbonyl (C=O) groups excluding carboxylic acids is 2. The monoisotopic (exact) mass is 454 g/mol. The molecular formula is C24H30N4O5. The number of fused-ring (bicyclic) bond motifs is 1. The van der Waals surface area contributed by atoms with Gasteiger partial charge in [0.15, 0.2) is 17.6 Å². The summed E-state index contributed by atoms with van der Waals surface area (Å²) < 4.78 is 17.0. The maximum Gasteiger partial charge on any atom is 0.263 e. The number of amides is 2. The predicted octanol–water partition coefficient (Wildman–Crippen LogP) is 1.89. The van der Waals surface area contributed by atoms with Crippen LogP contribution in [-0.2, 0) is 11.2 Å². The first-order valence-corrected chi connectivity index (χ1v) is 11.2. The molecule has 2 amide bonds. The Morgan fingerprint density at radius 3 is 2.79 bits per heavy atom. The molecule has 0 unspecified atom stereocenters. The fourth-order valence-electron chi connectivity index (χ4n) is 4.37.